The number of benzene rings is 1. The first-order chi connectivity index (χ1) is 13.4. The average molecular weight is 393 g/mol. The zero-order valence-corrected chi connectivity index (χ0v) is 17.3. The van der Waals surface area contributed by atoms with E-state index in [0.717, 1.165) is 30.4 Å². The molecule has 7 nitrogen and oxygen atoms in total. The Morgan fingerprint density at radius 1 is 1.18 bits per heavy atom. The molecule has 1 unspecified atom stereocenters. The Kier molecular flexibility index (Phi) is 6.23. The van der Waals surface area contributed by atoms with Crippen molar-refractivity contribution in [2.75, 3.05) is 40.5 Å². The van der Waals surface area contributed by atoms with E-state index in [1.807, 2.05) is 11.8 Å². The van der Waals surface area contributed by atoms with Gasteiger partial charge in [0.05, 0.1) is 27.4 Å². The fourth-order valence-electron chi connectivity index (χ4n) is 4.07. The third-order valence-corrected chi connectivity index (χ3v) is 5.73. The van der Waals surface area contributed by atoms with Crippen molar-refractivity contribution >= 4 is 5.91 Å². The Morgan fingerprint density at radius 3 is 2.50 bits per heavy atom. The average Bonchev–Trinajstić information content (AvgIpc) is 3.06. The van der Waals surface area contributed by atoms with Gasteiger partial charge in [0.25, 0.3) is 0 Å². The molecule has 7 heteroatoms. The molecular formula is C21H31NO6. The Morgan fingerprint density at radius 2 is 1.86 bits per heavy atom. The van der Waals surface area contributed by atoms with Crippen molar-refractivity contribution in [1.29, 1.82) is 0 Å². The third-order valence-electron chi connectivity index (χ3n) is 5.73. The van der Waals surface area contributed by atoms with Crippen LogP contribution in [0.1, 0.15) is 43.7 Å². The molecule has 1 atom stereocenters. The number of morpholine rings is 1. The molecule has 3 rings (SSSR count). The van der Waals surface area contributed by atoms with Crippen LogP contribution in [0.25, 0.3) is 0 Å². The van der Waals surface area contributed by atoms with E-state index >= 15 is 0 Å². The van der Waals surface area contributed by atoms with Gasteiger partial charge in [-0.25, -0.2) is 0 Å². The maximum atomic E-state index is 12.3. The van der Waals surface area contributed by atoms with Gasteiger partial charge in [0.1, 0.15) is 5.60 Å². The van der Waals surface area contributed by atoms with Crippen molar-refractivity contribution < 1.29 is 28.8 Å². The largest absolute Gasteiger partial charge is 0.504 e. The normalized spacial score (nSPS) is 21.2. The van der Waals surface area contributed by atoms with E-state index in [1.54, 1.807) is 7.11 Å². The molecule has 0 aliphatic carbocycles. The van der Waals surface area contributed by atoms with Crippen LogP contribution in [-0.2, 0) is 16.0 Å². The molecule has 0 spiro atoms. The van der Waals surface area contributed by atoms with Crippen LogP contribution < -0.4 is 14.2 Å². The lowest BCUT2D eigenvalue weighted by Gasteiger charge is -2.27. The molecule has 1 aromatic rings. The molecule has 0 aromatic heterocycles. The molecular weight excluding hydrogens is 362 g/mol. The summed E-state index contributed by atoms with van der Waals surface area (Å²) in [5, 5.41) is 10.4. The number of methoxy groups -OCH3 is 2. The van der Waals surface area contributed by atoms with Gasteiger partial charge >= 0.3 is 0 Å². The van der Waals surface area contributed by atoms with Crippen molar-refractivity contribution in [3.63, 3.8) is 0 Å². The summed E-state index contributed by atoms with van der Waals surface area (Å²) in [7, 11) is 3.05. The first-order valence-corrected chi connectivity index (χ1v) is 9.91. The van der Waals surface area contributed by atoms with Crippen LogP contribution in [-0.4, -0.2) is 62.0 Å². The number of hydrogen-bond acceptors (Lipinski definition) is 6. The standard InChI is InChI=1S/C21H31NO6/c1-14-15-13-21(2,28-18(15)20(26-4)19(25-3)17(14)24)8-6-5-7-16(23)22-9-11-27-12-10-22/h24H,5-13H2,1-4H3. The highest BCUT2D eigenvalue weighted by Gasteiger charge is 2.40. The summed E-state index contributed by atoms with van der Waals surface area (Å²) in [5.74, 6) is 1.70. The molecule has 2 aliphatic rings. The van der Waals surface area contributed by atoms with Crippen LogP contribution in [0.15, 0.2) is 0 Å². The van der Waals surface area contributed by atoms with Crippen LogP contribution in [0.2, 0.25) is 0 Å². The molecule has 0 saturated carbocycles. The van der Waals surface area contributed by atoms with E-state index in [-0.39, 0.29) is 17.3 Å². The highest BCUT2D eigenvalue weighted by Crippen LogP contribution is 2.54. The van der Waals surface area contributed by atoms with Gasteiger partial charge < -0.3 is 29.0 Å². The Labute approximate surface area is 166 Å². The summed E-state index contributed by atoms with van der Waals surface area (Å²) < 4.78 is 22.4. The molecule has 156 valence electrons. The quantitative estimate of drug-likeness (QED) is 0.718. The summed E-state index contributed by atoms with van der Waals surface area (Å²) in [6.45, 7) is 6.59. The van der Waals surface area contributed by atoms with E-state index in [0.29, 0.717) is 56.4 Å². The second kappa shape index (κ2) is 8.47. The van der Waals surface area contributed by atoms with Crippen molar-refractivity contribution in [2.24, 2.45) is 0 Å². The SMILES string of the molecule is COc1c(O)c(C)c2c(c1OC)OC(C)(CCCCC(=O)N1CCOCC1)C2. The van der Waals surface area contributed by atoms with Crippen LogP contribution >= 0.6 is 0 Å². The Hall–Kier alpha value is -2.15. The number of carbonyl (C=O) groups is 1. The molecule has 1 aromatic carbocycles. The first kappa shape index (κ1) is 20.6. The highest BCUT2D eigenvalue weighted by atomic mass is 16.5. The Balaban J connectivity index is 1.59. The minimum absolute atomic E-state index is 0.0991. The zero-order valence-electron chi connectivity index (χ0n) is 17.3. The van der Waals surface area contributed by atoms with Crippen LogP contribution in [0.4, 0.5) is 0 Å². The summed E-state index contributed by atoms with van der Waals surface area (Å²) in [6, 6.07) is 0. The van der Waals surface area contributed by atoms with Gasteiger partial charge in [-0.3, -0.25) is 4.79 Å². The number of hydrogen-bond donors (Lipinski definition) is 1. The van der Waals surface area contributed by atoms with Crippen molar-refractivity contribution in [3.05, 3.63) is 11.1 Å². The van der Waals surface area contributed by atoms with E-state index in [9.17, 15) is 9.90 Å². The van der Waals surface area contributed by atoms with Crippen molar-refractivity contribution in [3.8, 4) is 23.0 Å². The molecule has 1 amide bonds. The summed E-state index contributed by atoms with van der Waals surface area (Å²) in [6.07, 6.45) is 3.80. The minimum Gasteiger partial charge on any atom is -0.504 e. The molecule has 1 N–H and O–H groups in total. The van der Waals surface area contributed by atoms with E-state index in [4.69, 9.17) is 18.9 Å². The smallest absolute Gasteiger partial charge is 0.222 e. The second-order valence-electron chi connectivity index (χ2n) is 7.78. The lowest BCUT2D eigenvalue weighted by molar-refractivity contribution is -0.135. The van der Waals surface area contributed by atoms with E-state index in [1.165, 1.54) is 7.11 Å². The Bertz CT molecular complexity index is 728. The van der Waals surface area contributed by atoms with Crippen LogP contribution in [0.5, 0.6) is 23.0 Å². The van der Waals surface area contributed by atoms with Gasteiger partial charge in [-0.2, -0.15) is 0 Å². The fraction of sp³-hybridized carbons (Fsp3) is 0.667. The minimum atomic E-state index is -0.388. The third kappa shape index (κ3) is 3.99. The number of aromatic hydroxyl groups is 1. The van der Waals surface area contributed by atoms with Crippen LogP contribution in [0.3, 0.4) is 0 Å². The maximum absolute atomic E-state index is 12.3. The topological polar surface area (TPSA) is 77.5 Å². The summed E-state index contributed by atoms with van der Waals surface area (Å²) in [5.41, 5.74) is 1.34. The van der Waals surface area contributed by atoms with Crippen molar-refractivity contribution in [2.45, 2.75) is 51.6 Å². The number of fused-ring (bicyclic) bond motifs is 1. The van der Waals surface area contributed by atoms with E-state index in [2.05, 4.69) is 6.92 Å². The fourth-order valence-corrected chi connectivity index (χ4v) is 4.07. The monoisotopic (exact) mass is 393 g/mol. The van der Waals surface area contributed by atoms with Gasteiger partial charge in [-0.1, -0.05) is 0 Å². The highest BCUT2D eigenvalue weighted by molar-refractivity contribution is 5.76. The van der Waals surface area contributed by atoms with Gasteiger partial charge in [0.2, 0.25) is 17.4 Å². The van der Waals surface area contributed by atoms with Gasteiger partial charge in [0.15, 0.2) is 11.5 Å². The predicted octanol–water partition coefficient (Wildman–Crippen LogP) is 2.83. The number of ether oxygens (including phenoxy) is 4. The number of phenols is 1. The predicted molar refractivity (Wildman–Crippen MR) is 105 cm³/mol. The van der Waals surface area contributed by atoms with Crippen LogP contribution in [0, 0.1) is 6.92 Å². The number of carbonyl (C=O) groups excluding carboxylic acids is 1. The molecule has 0 bridgehead atoms. The number of phenolic OH excluding ortho intramolecular Hbond substituents is 1. The molecule has 2 heterocycles. The number of unbranched alkanes of at least 4 members (excludes halogenated alkanes) is 1. The number of amides is 1. The lowest BCUT2D eigenvalue weighted by atomic mass is 9.91. The van der Waals surface area contributed by atoms with Gasteiger partial charge in [-0.15, -0.1) is 0 Å². The molecule has 1 fully saturated rings. The van der Waals surface area contributed by atoms with Crippen molar-refractivity contribution in [1.82, 2.24) is 4.90 Å². The molecule has 2 aliphatic heterocycles. The second-order valence-corrected chi connectivity index (χ2v) is 7.78. The summed E-state index contributed by atoms with van der Waals surface area (Å²) in [4.78, 5) is 14.2. The zero-order chi connectivity index (χ0) is 20.3. The maximum Gasteiger partial charge on any atom is 0.222 e. The first-order valence-electron chi connectivity index (χ1n) is 9.91. The van der Waals surface area contributed by atoms with Gasteiger partial charge in [-0.05, 0) is 33.1 Å². The summed E-state index contributed by atoms with van der Waals surface area (Å²) >= 11 is 0. The molecule has 28 heavy (non-hydrogen) atoms. The lowest BCUT2D eigenvalue weighted by Crippen LogP contribution is -2.40. The molecule has 1 saturated heterocycles. The van der Waals surface area contributed by atoms with Gasteiger partial charge in [0, 0.05) is 37.1 Å². The molecule has 0 radical (unpaired) electrons. The number of nitrogens with zero attached hydrogens (tertiary/aromatic N) is 1. The van der Waals surface area contributed by atoms with E-state index < -0.39 is 0 Å². The number of rotatable bonds is 7.